The summed E-state index contributed by atoms with van der Waals surface area (Å²) >= 11 is 0. The Kier molecular flexibility index (Phi) is 7.22. The van der Waals surface area contributed by atoms with Crippen molar-refractivity contribution in [1.82, 2.24) is 20.5 Å². The molecule has 5 heteroatoms. The fraction of sp³-hybridized carbons (Fsp3) is 0.455. The summed E-state index contributed by atoms with van der Waals surface area (Å²) in [6.45, 7) is 6.04. The number of aliphatic imine (C=N–C) groups is 1. The van der Waals surface area contributed by atoms with Crippen LogP contribution in [0.25, 0.3) is 0 Å². The topological polar surface area (TPSA) is 52.6 Å². The molecule has 0 aliphatic carbocycles. The van der Waals surface area contributed by atoms with Gasteiger partial charge in [0.2, 0.25) is 0 Å². The molecule has 1 saturated heterocycles. The van der Waals surface area contributed by atoms with Gasteiger partial charge in [-0.15, -0.1) is 0 Å². The lowest BCUT2D eigenvalue weighted by Gasteiger charge is -2.33. The molecule has 0 spiro atoms. The van der Waals surface area contributed by atoms with Gasteiger partial charge in [0.05, 0.1) is 12.2 Å². The van der Waals surface area contributed by atoms with Gasteiger partial charge in [-0.1, -0.05) is 36.8 Å². The molecule has 5 nitrogen and oxygen atoms in total. The van der Waals surface area contributed by atoms with Crippen molar-refractivity contribution in [2.24, 2.45) is 4.99 Å². The second-order valence-corrected chi connectivity index (χ2v) is 7.23. The predicted molar refractivity (Wildman–Crippen MR) is 111 cm³/mol. The number of guanidine groups is 1. The molecule has 1 aromatic heterocycles. The molecule has 0 amide bonds. The largest absolute Gasteiger partial charge is 0.352 e. The molecule has 144 valence electrons. The van der Waals surface area contributed by atoms with E-state index in [-0.39, 0.29) is 0 Å². The first-order valence-corrected chi connectivity index (χ1v) is 9.91. The molecule has 0 radical (unpaired) electrons. The Morgan fingerprint density at radius 3 is 2.56 bits per heavy atom. The van der Waals surface area contributed by atoms with Gasteiger partial charge in [-0.05, 0) is 49.6 Å². The minimum atomic E-state index is 0.660. The molecule has 2 heterocycles. The molecule has 3 rings (SSSR count). The van der Waals surface area contributed by atoms with Crippen LogP contribution in [0.4, 0.5) is 0 Å². The monoisotopic (exact) mass is 365 g/mol. The van der Waals surface area contributed by atoms with E-state index < -0.39 is 0 Å². The van der Waals surface area contributed by atoms with Crippen molar-refractivity contribution in [2.45, 2.75) is 51.9 Å². The van der Waals surface area contributed by atoms with Gasteiger partial charge in [0.15, 0.2) is 5.96 Å². The van der Waals surface area contributed by atoms with E-state index in [9.17, 15) is 0 Å². The molecule has 0 saturated carbocycles. The third-order valence-electron chi connectivity index (χ3n) is 5.20. The normalized spacial score (nSPS) is 18.3. The lowest BCUT2D eigenvalue weighted by atomic mass is 10.0. The molecule has 2 N–H and O–H groups in total. The highest BCUT2D eigenvalue weighted by Gasteiger charge is 2.17. The Balaban J connectivity index is 1.46. The highest BCUT2D eigenvalue weighted by molar-refractivity contribution is 5.79. The SMILES string of the molecule is CN=C(NCc1ccc(CN2CCCCC2C)cc1)NCc1ccccn1. The van der Waals surface area contributed by atoms with E-state index in [2.05, 4.69) is 56.7 Å². The molecule has 2 aromatic rings. The zero-order valence-corrected chi connectivity index (χ0v) is 16.5. The maximum absolute atomic E-state index is 4.32. The Labute approximate surface area is 162 Å². The zero-order chi connectivity index (χ0) is 18.9. The van der Waals surface area contributed by atoms with Crippen LogP contribution >= 0.6 is 0 Å². The van der Waals surface area contributed by atoms with Gasteiger partial charge in [-0.25, -0.2) is 0 Å². The molecule has 1 fully saturated rings. The molecule has 0 bridgehead atoms. The number of aromatic nitrogens is 1. The maximum Gasteiger partial charge on any atom is 0.191 e. The standard InChI is InChI=1S/C22H31N5/c1-18-7-4-6-14-27(18)17-20-11-9-19(10-12-20)15-25-22(23-2)26-16-21-8-3-5-13-24-21/h3,5,8-13,18H,4,6-7,14-17H2,1-2H3,(H2,23,25,26). The Morgan fingerprint density at radius 1 is 1.07 bits per heavy atom. The molecular formula is C22H31N5. The molecule has 1 aliphatic rings. The summed E-state index contributed by atoms with van der Waals surface area (Å²) in [5.41, 5.74) is 3.65. The molecular weight excluding hydrogens is 334 g/mol. The minimum Gasteiger partial charge on any atom is -0.352 e. The first-order valence-electron chi connectivity index (χ1n) is 9.91. The van der Waals surface area contributed by atoms with E-state index in [1.807, 2.05) is 18.2 Å². The number of rotatable bonds is 6. The zero-order valence-electron chi connectivity index (χ0n) is 16.5. The number of nitrogens with zero attached hydrogens (tertiary/aromatic N) is 3. The highest BCUT2D eigenvalue weighted by Crippen LogP contribution is 2.19. The van der Waals surface area contributed by atoms with Gasteiger partial charge in [-0.2, -0.15) is 0 Å². The van der Waals surface area contributed by atoms with Crippen molar-refractivity contribution in [1.29, 1.82) is 0 Å². The average molecular weight is 366 g/mol. The minimum absolute atomic E-state index is 0.660. The first kappa shape index (κ1) is 19.4. The summed E-state index contributed by atoms with van der Waals surface area (Å²) < 4.78 is 0. The summed E-state index contributed by atoms with van der Waals surface area (Å²) in [5, 5.41) is 6.66. The fourth-order valence-corrected chi connectivity index (χ4v) is 3.47. The van der Waals surface area contributed by atoms with Gasteiger partial charge in [-0.3, -0.25) is 14.9 Å². The average Bonchev–Trinajstić information content (AvgIpc) is 2.72. The highest BCUT2D eigenvalue weighted by atomic mass is 15.2. The Hall–Kier alpha value is -2.40. The number of hydrogen-bond donors (Lipinski definition) is 2. The number of hydrogen-bond acceptors (Lipinski definition) is 3. The molecule has 27 heavy (non-hydrogen) atoms. The number of nitrogens with one attached hydrogen (secondary N) is 2. The van der Waals surface area contributed by atoms with E-state index in [1.54, 1.807) is 13.2 Å². The lowest BCUT2D eigenvalue weighted by molar-refractivity contribution is 0.152. The van der Waals surface area contributed by atoms with E-state index in [0.29, 0.717) is 12.6 Å². The fourth-order valence-electron chi connectivity index (χ4n) is 3.47. The van der Waals surface area contributed by atoms with Crippen LogP contribution in [0, 0.1) is 0 Å². The van der Waals surface area contributed by atoms with E-state index >= 15 is 0 Å². The van der Waals surface area contributed by atoms with Gasteiger partial charge in [0, 0.05) is 32.4 Å². The van der Waals surface area contributed by atoms with Crippen LogP contribution < -0.4 is 10.6 Å². The quantitative estimate of drug-likeness (QED) is 0.609. The summed E-state index contributed by atoms with van der Waals surface area (Å²) in [6.07, 6.45) is 5.83. The van der Waals surface area contributed by atoms with Crippen molar-refractivity contribution in [2.75, 3.05) is 13.6 Å². The van der Waals surface area contributed by atoms with E-state index in [4.69, 9.17) is 0 Å². The van der Waals surface area contributed by atoms with Crippen LogP contribution in [-0.4, -0.2) is 35.5 Å². The van der Waals surface area contributed by atoms with E-state index in [0.717, 1.165) is 24.7 Å². The van der Waals surface area contributed by atoms with Gasteiger partial charge < -0.3 is 10.6 Å². The Morgan fingerprint density at radius 2 is 1.85 bits per heavy atom. The van der Waals surface area contributed by atoms with Crippen LogP contribution in [0.5, 0.6) is 0 Å². The van der Waals surface area contributed by atoms with Gasteiger partial charge >= 0.3 is 0 Å². The summed E-state index contributed by atoms with van der Waals surface area (Å²) in [4.78, 5) is 11.2. The van der Waals surface area contributed by atoms with Gasteiger partial charge in [0.1, 0.15) is 0 Å². The van der Waals surface area contributed by atoms with Crippen LogP contribution in [0.1, 0.15) is 43.0 Å². The van der Waals surface area contributed by atoms with Crippen molar-refractivity contribution in [3.8, 4) is 0 Å². The third kappa shape index (κ3) is 6.07. The van der Waals surface area contributed by atoms with Crippen LogP contribution in [0.15, 0.2) is 53.7 Å². The second-order valence-electron chi connectivity index (χ2n) is 7.23. The Bertz CT molecular complexity index is 711. The van der Waals surface area contributed by atoms with Crippen molar-refractivity contribution in [3.05, 3.63) is 65.5 Å². The molecule has 1 unspecified atom stereocenters. The summed E-state index contributed by atoms with van der Waals surface area (Å²) in [5.74, 6) is 0.784. The van der Waals surface area contributed by atoms with Crippen molar-refractivity contribution < 1.29 is 0 Å². The smallest absolute Gasteiger partial charge is 0.191 e. The molecule has 1 atom stereocenters. The number of piperidine rings is 1. The number of benzene rings is 1. The second kappa shape index (κ2) is 10.1. The number of likely N-dealkylation sites (tertiary alicyclic amines) is 1. The van der Waals surface area contributed by atoms with Crippen LogP contribution in [-0.2, 0) is 19.6 Å². The summed E-state index contributed by atoms with van der Waals surface area (Å²) in [6, 6.07) is 15.5. The third-order valence-corrected chi connectivity index (χ3v) is 5.20. The van der Waals surface area contributed by atoms with Crippen LogP contribution in [0.2, 0.25) is 0 Å². The first-order chi connectivity index (χ1) is 13.2. The maximum atomic E-state index is 4.32. The summed E-state index contributed by atoms with van der Waals surface area (Å²) in [7, 11) is 1.79. The van der Waals surface area contributed by atoms with E-state index in [1.165, 1.54) is 36.9 Å². The number of pyridine rings is 1. The predicted octanol–water partition coefficient (Wildman–Crippen LogP) is 3.32. The molecule has 1 aliphatic heterocycles. The van der Waals surface area contributed by atoms with Gasteiger partial charge in [0.25, 0.3) is 0 Å². The lowest BCUT2D eigenvalue weighted by Crippen LogP contribution is -2.37. The molecule has 1 aromatic carbocycles. The van der Waals surface area contributed by atoms with Crippen LogP contribution in [0.3, 0.4) is 0 Å². The van der Waals surface area contributed by atoms with Crippen molar-refractivity contribution in [3.63, 3.8) is 0 Å². The van der Waals surface area contributed by atoms with Crippen molar-refractivity contribution >= 4 is 5.96 Å².